The largest absolute Gasteiger partial charge is 0.453 e. The second-order valence-electron chi connectivity index (χ2n) is 14.9. The Morgan fingerprint density at radius 2 is 1.03 bits per heavy atom. The molecule has 0 saturated carbocycles. The molecule has 1 aromatic heterocycles. The Morgan fingerprint density at radius 1 is 0.607 bits per heavy atom. The van der Waals surface area contributed by atoms with Crippen LogP contribution < -0.4 is 21.3 Å². The average molecular weight is 832 g/mol. The monoisotopic (exact) mass is 831 g/mol. The van der Waals surface area contributed by atoms with Crippen LogP contribution in [0.2, 0.25) is 0 Å². The third kappa shape index (κ3) is 9.13. The highest BCUT2D eigenvalue weighted by atomic mass is 16.5. The highest BCUT2D eigenvalue weighted by molar-refractivity contribution is 6.11. The molecule has 16 nitrogen and oxygen atoms in total. The van der Waals surface area contributed by atoms with E-state index in [-0.39, 0.29) is 11.8 Å². The van der Waals surface area contributed by atoms with Gasteiger partial charge in [-0.15, -0.1) is 0 Å². The van der Waals surface area contributed by atoms with Crippen molar-refractivity contribution in [3.8, 4) is 0 Å². The number of fused-ring (bicyclic) bond motifs is 3. The quantitative estimate of drug-likeness (QED) is 0.119. The van der Waals surface area contributed by atoms with E-state index in [0.717, 1.165) is 21.8 Å². The number of aromatic nitrogens is 1. The van der Waals surface area contributed by atoms with Crippen molar-refractivity contribution < 1.29 is 43.0 Å². The van der Waals surface area contributed by atoms with Crippen LogP contribution in [0.3, 0.4) is 0 Å². The zero-order chi connectivity index (χ0) is 43.0. The molecule has 6 amide bonds. The molecule has 0 unspecified atom stereocenters. The molecule has 2 fully saturated rings. The lowest BCUT2D eigenvalue weighted by Crippen LogP contribution is -2.48. The third-order valence-corrected chi connectivity index (χ3v) is 11.3. The Kier molecular flexibility index (Phi) is 13.1. The summed E-state index contributed by atoms with van der Waals surface area (Å²) >= 11 is 0. The summed E-state index contributed by atoms with van der Waals surface area (Å²) in [5, 5.41) is 13.1. The van der Waals surface area contributed by atoms with Crippen molar-refractivity contribution in [1.29, 1.82) is 0 Å². The molecular weight excluding hydrogens is 783 g/mol. The van der Waals surface area contributed by atoms with Crippen molar-refractivity contribution in [2.45, 2.75) is 56.4 Å². The summed E-state index contributed by atoms with van der Waals surface area (Å²) in [4.78, 5) is 83.1. The molecule has 4 aromatic carbocycles. The van der Waals surface area contributed by atoms with E-state index in [9.17, 15) is 28.8 Å². The number of nitrogens with one attached hydrogen (secondary N) is 4. The summed E-state index contributed by atoms with van der Waals surface area (Å²) in [6.07, 6.45) is 0.612. The molecule has 0 spiro atoms. The van der Waals surface area contributed by atoms with Gasteiger partial charge in [-0.3, -0.25) is 19.2 Å². The van der Waals surface area contributed by atoms with E-state index in [4.69, 9.17) is 14.2 Å². The first-order valence-electron chi connectivity index (χ1n) is 20.2. The van der Waals surface area contributed by atoms with E-state index >= 15 is 0 Å². The molecule has 0 aliphatic carbocycles. The number of ether oxygens (including phenoxy) is 3. The first-order valence-corrected chi connectivity index (χ1v) is 20.2. The lowest BCUT2D eigenvalue weighted by molar-refractivity contribution is -0.138. The molecule has 2 aliphatic heterocycles. The molecule has 2 aliphatic rings. The average Bonchev–Trinajstić information content (AvgIpc) is 4.05. The number of alkyl carbamates (subject to hydrolysis) is 2. The van der Waals surface area contributed by atoms with E-state index < -0.39 is 48.2 Å². The van der Waals surface area contributed by atoms with Crippen molar-refractivity contribution in [2.75, 3.05) is 51.7 Å². The number of nitrogens with zero attached hydrogens (tertiary/aromatic N) is 3. The number of likely N-dealkylation sites (tertiary alicyclic amines) is 2. The maximum Gasteiger partial charge on any atom is 0.407 e. The van der Waals surface area contributed by atoms with Gasteiger partial charge in [0.2, 0.25) is 11.8 Å². The second kappa shape index (κ2) is 19.0. The summed E-state index contributed by atoms with van der Waals surface area (Å²) in [5.74, 6) is -1.52. The number of methoxy groups -OCH3 is 3. The molecule has 318 valence electrons. The molecule has 7 rings (SSSR count). The summed E-state index contributed by atoms with van der Waals surface area (Å²) in [7, 11) is 4.06. The van der Waals surface area contributed by atoms with E-state index in [1.54, 1.807) is 55.6 Å². The maximum absolute atomic E-state index is 13.9. The molecule has 0 radical (unpaired) electrons. The van der Waals surface area contributed by atoms with Crippen molar-refractivity contribution in [2.24, 2.45) is 0 Å². The van der Waals surface area contributed by atoms with Gasteiger partial charge in [-0.2, -0.15) is 0 Å². The first kappa shape index (κ1) is 42.2. The van der Waals surface area contributed by atoms with Gasteiger partial charge in [0.1, 0.15) is 24.2 Å². The van der Waals surface area contributed by atoms with Crippen LogP contribution in [0.1, 0.15) is 48.9 Å². The maximum atomic E-state index is 13.9. The predicted octanol–water partition coefficient (Wildman–Crippen LogP) is 5.49. The molecule has 16 heteroatoms. The van der Waals surface area contributed by atoms with Crippen molar-refractivity contribution in [3.05, 3.63) is 108 Å². The SMILES string of the molecule is COCCn1c2cc(NC(=O)[C@@H]3CCCN3C(=O)[C@H](NC(=O)OC)c3ccccc3)ccc2c2ccc(NC(=O)[C@@H]3CCCN3C(=O)[C@H](NC(=O)OC)c3ccccc3)cc21. The first-order chi connectivity index (χ1) is 29.6. The fourth-order valence-corrected chi connectivity index (χ4v) is 8.28. The summed E-state index contributed by atoms with van der Waals surface area (Å²) in [6, 6.07) is 25.3. The van der Waals surface area contributed by atoms with Crippen molar-refractivity contribution >= 4 is 69.0 Å². The van der Waals surface area contributed by atoms with Crippen molar-refractivity contribution in [3.63, 3.8) is 0 Å². The zero-order valence-corrected chi connectivity index (χ0v) is 34.2. The van der Waals surface area contributed by atoms with E-state index in [0.29, 0.717) is 74.4 Å². The van der Waals surface area contributed by atoms with Gasteiger partial charge in [-0.25, -0.2) is 9.59 Å². The Balaban J connectivity index is 1.11. The minimum absolute atomic E-state index is 0.349. The number of benzene rings is 4. The number of carbonyl (C=O) groups excluding carboxylic acids is 6. The number of carbonyl (C=O) groups is 6. The highest BCUT2D eigenvalue weighted by Crippen LogP contribution is 2.34. The minimum Gasteiger partial charge on any atom is -0.453 e. The van der Waals surface area contributed by atoms with Crippen LogP contribution in [0.5, 0.6) is 0 Å². The molecule has 5 aromatic rings. The summed E-state index contributed by atoms with van der Waals surface area (Å²) in [5.41, 5.74) is 3.83. The molecular formula is C45H49N7O9. The van der Waals surface area contributed by atoms with Gasteiger partial charge in [-0.05, 0) is 61.1 Å². The number of amides is 6. The third-order valence-electron chi connectivity index (χ3n) is 11.3. The van der Waals surface area contributed by atoms with Gasteiger partial charge in [0.15, 0.2) is 0 Å². The Labute approximate surface area is 352 Å². The Hall–Kier alpha value is -6.94. The fourth-order valence-electron chi connectivity index (χ4n) is 8.28. The topological polar surface area (TPSA) is 190 Å². The molecule has 4 atom stereocenters. The van der Waals surface area contributed by atoms with Crippen LogP contribution in [0.15, 0.2) is 97.1 Å². The van der Waals surface area contributed by atoms with Gasteiger partial charge < -0.3 is 49.8 Å². The zero-order valence-electron chi connectivity index (χ0n) is 34.2. The van der Waals surface area contributed by atoms with Gasteiger partial charge >= 0.3 is 12.2 Å². The molecule has 4 N–H and O–H groups in total. The van der Waals surface area contributed by atoms with Gasteiger partial charge in [0, 0.05) is 48.9 Å². The van der Waals surface area contributed by atoms with Crippen LogP contribution in [0, 0.1) is 0 Å². The van der Waals surface area contributed by atoms with E-state index in [2.05, 4.69) is 25.8 Å². The van der Waals surface area contributed by atoms with Gasteiger partial charge in [-0.1, -0.05) is 72.8 Å². The molecule has 61 heavy (non-hydrogen) atoms. The molecule has 2 saturated heterocycles. The van der Waals surface area contributed by atoms with Gasteiger partial charge in [0.05, 0.1) is 31.9 Å². The van der Waals surface area contributed by atoms with E-state index in [1.807, 2.05) is 48.5 Å². The fraction of sp³-hybridized carbons (Fsp3) is 0.333. The van der Waals surface area contributed by atoms with Crippen LogP contribution >= 0.6 is 0 Å². The van der Waals surface area contributed by atoms with Crippen LogP contribution in [0.4, 0.5) is 21.0 Å². The minimum atomic E-state index is -1.04. The second-order valence-corrected chi connectivity index (χ2v) is 14.9. The van der Waals surface area contributed by atoms with Crippen LogP contribution in [-0.2, 0) is 39.9 Å². The highest BCUT2D eigenvalue weighted by Gasteiger charge is 2.40. The molecule has 0 bridgehead atoms. The Morgan fingerprint density at radius 3 is 1.43 bits per heavy atom. The smallest absolute Gasteiger partial charge is 0.407 e. The van der Waals surface area contributed by atoms with Crippen molar-refractivity contribution in [1.82, 2.24) is 25.0 Å². The Bertz CT molecular complexity index is 2260. The van der Waals surface area contributed by atoms with Gasteiger partial charge in [0.25, 0.3) is 11.8 Å². The molecule has 3 heterocycles. The number of hydrogen-bond acceptors (Lipinski definition) is 9. The normalized spacial score (nSPS) is 17.1. The summed E-state index contributed by atoms with van der Waals surface area (Å²) in [6.45, 7) is 1.54. The predicted molar refractivity (Wildman–Crippen MR) is 227 cm³/mol. The number of anilines is 2. The lowest BCUT2D eigenvalue weighted by atomic mass is 10.0. The standard InChI is InChI=1S/C45H49N7O9/c1-59-25-24-50-36-26-30(46-40(53)34-16-10-22-51(34)42(55)38(48-44(57)60-2)28-12-6-4-7-13-28)18-20-32(36)33-21-19-31(27-37(33)50)47-41(54)35-17-11-23-52(35)43(56)39(49-45(58)61-3)29-14-8-5-9-15-29/h4-9,12-15,18-21,26-27,34-35,38-39H,10-11,16-17,22-25H2,1-3H3,(H,46,53)(H,47,54)(H,48,57)(H,49,58)/t34-,35-,38+,39+/m0/s1. The lowest BCUT2D eigenvalue weighted by Gasteiger charge is -2.28. The number of hydrogen-bond donors (Lipinski definition) is 4. The van der Waals surface area contributed by atoms with E-state index in [1.165, 1.54) is 24.0 Å². The number of rotatable bonds is 13. The van der Waals surface area contributed by atoms with Crippen LogP contribution in [-0.4, -0.2) is 103 Å². The van der Waals surface area contributed by atoms with Crippen LogP contribution in [0.25, 0.3) is 21.8 Å². The summed E-state index contributed by atoms with van der Waals surface area (Å²) < 4.78 is 17.1.